The summed E-state index contributed by atoms with van der Waals surface area (Å²) in [7, 11) is 3.84. The van der Waals surface area contributed by atoms with E-state index in [-0.39, 0.29) is 24.8 Å². The number of benzene rings is 2. The van der Waals surface area contributed by atoms with E-state index in [1.54, 1.807) is 12.1 Å². The van der Waals surface area contributed by atoms with E-state index < -0.39 is 49.7 Å². The summed E-state index contributed by atoms with van der Waals surface area (Å²) in [6.07, 6.45) is -7.21. The van der Waals surface area contributed by atoms with Crippen LogP contribution in [0.2, 0.25) is 0 Å². The molecule has 2 aromatic carbocycles. The van der Waals surface area contributed by atoms with Crippen LogP contribution in [0.3, 0.4) is 0 Å². The minimum atomic E-state index is -1.59. The van der Waals surface area contributed by atoms with Crippen molar-refractivity contribution in [3.8, 4) is 5.75 Å². The maximum atomic E-state index is 12.8. The number of hydrogen-bond acceptors (Lipinski definition) is 11. The van der Waals surface area contributed by atoms with Gasteiger partial charge in [-0.3, -0.25) is 9.59 Å². The summed E-state index contributed by atoms with van der Waals surface area (Å²) < 4.78 is 22.0. The van der Waals surface area contributed by atoms with E-state index in [1.165, 1.54) is 12.1 Å². The normalized spacial score (nSPS) is 22.9. The number of aliphatic hydroxyl groups excluding tert-OH is 4. The second-order valence-corrected chi connectivity index (χ2v) is 9.70. The summed E-state index contributed by atoms with van der Waals surface area (Å²) in [5.74, 6) is -0.00600. The summed E-state index contributed by atoms with van der Waals surface area (Å²) in [5, 5.41) is 42.6. The number of hydrogen-bond donors (Lipinski definition) is 5. The highest BCUT2D eigenvalue weighted by Crippen LogP contribution is 2.27. The van der Waals surface area contributed by atoms with Gasteiger partial charge in [-0.1, -0.05) is 18.2 Å². The number of nitrogens with zero attached hydrogens (tertiary/aromatic N) is 1. The quantitative estimate of drug-likeness (QED) is 0.153. The van der Waals surface area contributed by atoms with Crippen molar-refractivity contribution in [3.63, 3.8) is 0 Å². The highest BCUT2D eigenvalue weighted by atomic mass is 16.7. The molecule has 0 aliphatic carbocycles. The Morgan fingerprint density at radius 3 is 2.42 bits per heavy atom. The molecule has 3 aromatic rings. The third-order valence-corrected chi connectivity index (χ3v) is 6.44. The largest absolute Gasteiger partial charge is 0.492 e. The van der Waals surface area contributed by atoms with E-state index in [9.17, 15) is 30.0 Å². The van der Waals surface area contributed by atoms with Crippen molar-refractivity contribution in [1.82, 2.24) is 10.2 Å². The topological polar surface area (TPSA) is 171 Å². The van der Waals surface area contributed by atoms with Gasteiger partial charge in [-0.05, 0) is 44.4 Å². The first-order valence-electron chi connectivity index (χ1n) is 12.8. The fourth-order valence-electron chi connectivity index (χ4n) is 4.35. The number of fused-ring (bicyclic) bond motifs is 1. The number of aliphatic hydroxyl groups is 4. The number of furan rings is 1. The van der Waals surface area contributed by atoms with Crippen LogP contribution in [0.1, 0.15) is 26.5 Å². The number of amides is 1. The van der Waals surface area contributed by atoms with Crippen LogP contribution >= 0.6 is 0 Å². The summed E-state index contributed by atoms with van der Waals surface area (Å²) in [4.78, 5) is 27.3. The third-order valence-electron chi connectivity index (χ3n) is 6.44. The smallest absolute Gasteiger partial charge is 0.287 e. The maximum Gasteiger partial charge on any atom is 0.287 e. The van der Waals surface area contributed by atoms with Gasteiger partial charge in [-0.25, -0.2) is 0 Å². The van der Waals surface area contributed by atoms with E-state index in [0.717, 1.165) is 10.9 Å². The van der Waals surface area contributed by atoms with Crippen molar-refractivity contribution < 1.29 is 48.6 Å². The van der Waals surface area contributed by atoms with E-state index in [4.69, 9.17) is 18.6 Å². The Morgan fingerprint density at radius 2 is 1.73 bits per heavy atom. The van der Waals surface area contributed by atoms with Gasteiger partial charge < -0.3 is 49.3 Å². The van der Waals surface area contributed by atoms with Crippen molar-refractivity contribution in [3.05, 3.63) is 65.4 Å². The van der Waals surface area contributed by atoms with Gasteiger partial charge >= 0.3 is 0 Å². The number of rotatable bonds is 12. The molecule has 5 N–H and O–H groups in total. The number of para-hydroxylation sites is 1. The number of nitrogens with one attached hydrogen (secondary N) is 1. The lowest BCUT2D eigenvalue weighted by atomic mass is 9.99. The zero-order valence-electron chi connectivity index (χ0n) is 22.2. The van der Waals surface area contributed by atoms with Crippen molar-refractivity contribution in [2.75, 3.05) is 40.5 Å². The van der Waals surface area contributed by atoms with Gasteiger partial charge in [0.15, 0.2) is 17.8 Å². The minimum Gasteiger partial charge on any atom is -0.492 e. The zero-order valence-corrected chi connectivity index (χ0v) is 22.2. The molecule has 0 bridgehead atoms. The predicted octanol–water partition coefficient (Wildman–Crippen LogP) is 0.302. The van der Waals surface area contributed by atoms with Crippen LogP contribution in [0.15, 0.2) is 52.9 Å². The molecule has 216 valence electrons. The average Bonchev–Trinajstić information content (AvgIpc) is 3.31. The molecule has 1 saturated heterocycles. The molecule has 1 amide bonds. The maximum absolute atomic E-state index is 12.8. The summed E-state index contributed by atoms with van der Waals surface area (Å²) in [6, 6.07) is 13.8. The number of ether oxygens (including phenoxy) is 3. The number of Topliss-reactive ketones (excluding diaryl/α,β-unsaturated/α-hetero) is 1. The first-order valence-corrected chi connectivity index (χ1v) is 12.8. The Balaban J connectivity index is 1.25. The predicted molar refractivity (Wildman–Crippen MR) is 142 cm³/mol. The van der Waals surface area contributed by atoms with Crippen molar-refractivity contribution in [2.45, 2.75) is 37.3 Å². The fraction of sp³-hybridized carbons (Fsp3) is 0.429. The lowest BCUT2D eigenvalue weighted by Crippen LogP contribution is -2.59. The summed E-state index contributed by atoms with van der Waals surface area (Å²) in [5.41, 5.74) is 1.77. The van der Waals surface area contributed by atoms with Gasteiger partial charge in [0.2, 0.25) is 0 Å². The van der Waals surface area contributed by atoms with Crippen LogP contribution in [0.25, 0.3) is 11.0 Å². The van der Waals surface area contributed by atoms with Gasteiger partial charge in [0, 0.05) is 23.1 Å². The van der Waals surface area contributed by atoms with Crippen LogP contribution in [0.4, 0.5) is 0 Å². The van der Waals surface area contributed by atoms with Crippen LogP contribution in [0, 0.1) is 0 Å². The van der Waals surface area contributed by atoms with E-state index in [0.29, 0.717) is 23.4 Å². The summed E-state index contributed by atoms with van der Waals surface area (Å²) in [6.45, 7) is -0.101. The van der Waals surface area contributed by atoms with Gasteiger partial charge in [0.05, 0.1) is 13.2 Å². The van der Waals surface area contributed by atoms with Crippen LogP contribution in [-0.4, -0.2) is 108 Å². The molecule has 0 spiro atoms. The third kappa shape index (κ3) is 6.85. The van der Waals surface area contributed by atoms with E-state index >= 15 is 0 Å². The number of ketones is 1. The number of carbonyl (C=O) groups excluding carboxylic acids is 2. The van der Waals surface area contributed by atoms with Crippen molar-refractivity contribution in [2.24, 2.45) is 0 Å². The van der Waals surface area contributed by atoms with E-state index in [1.807, 2.05) is 43.3 Å². The second-order valence-electron chi connectivity index (χ2n) is 9.70. The zero-order chi connectivity index (χ0) is 28.8. The standard InChI is InChI=1S/C28H34N2O10/c1-30(2)13-19-18-5-3-4-6-21(18)39-26(19)27(36)29-11-12-37-17-9-7-16(8-10-17)20(32)15-38-28-25(35)24(34)23(33)22(14-31)40-28/h3-10,22-25,28,31,33-35H,11-15H2,1-2H3,(H,29,36)/t22-,23+,24+,25-,28-/m1/s1. The number of carbonyl (C=O) groups is 2. The van der Waals surface area contributed by atoms with Crippen LogP contribution in [0.5, 0.6) is 5.75 Å². The van der Waals surface area contributed by atoms with Gasteiger partial charge in [-0.2, -0.15) is 0 Å². The fourth-order valence-corrected chi connectivity index (χ4v) is 4.35. The minimum absolute atomic E-state index is 0.183. The molecule has 12 nitrogen and oxygen atoms in total. The van der Waals surface area contributed by atoms with E-state index in [2.05, 4.69) is 5.32 Å². The summed E-state index contributed by atoms with van der Waals surface area (Å²) >= 11 is 0. The molecule has 12 heteroatoms. The molecule has 0 unspecified atom stereocenters. The molecule has 1 fully saturated rings. The molecule has 1 aromatic heterocycles. The van der Waals surface area contributed by atoms with Gasteiger partial charge in [0.25, 0.3) is 5.91 Å². The molecule has 1 aliphatic heterocycles. The Bertz CT molecular complexity index is 1290. The molecule has 0 radical (unpaired) electrons. The molecule has 2 heterocycles. The highest BCUT2D eigenvalue weighted by Gasteiger charge is 2.44. The molecule has 40 heavy (non-hydrogen) atoms. The van der Waals surface area contributed by atoms with Crippen molar-refractivity contribution >= 4 is 22.7 Å². The van der Waals surface area contributed by atoms with Crippen molar-refractivity contribution in [1.29, 1.82) is 0 Å². The molecule has 5 atom stereocenters. The van der Waals surface area contributed by atoms with Crippen LogP contribution < -0.4 is 10.1 Å². The Morgan fingerprint density at radius 1 is 1.00 bits per heavy atom. The lowest BCUT2D eigenvalue weighted by molar-refractivity contribution is -0.298. The van der Waals surface area contributed by atoms with Gasteiger partial charge in [0.1, 0.15) is 49.0 Å². The van der Waals surface area contributed by atoms with Crippen LogP contribution in [-0.2, 0) is 16.0 Å². The molecule has 4 rings (SSSR count). The lowest BCUT2D eigenvalue weighted by Gasteiger charge is -2.39. The average molecular weight is 559 g/mol. The SMILES string of the molecule is CN(C)Cc1c(C(=O)NCCOc2ccc(C(=O)CO[C@@H]3O[C@H](CO)[C@H](O)[C@H](O)[C@H]3O)cc2)oc2ccccc12. The molecule has 1 aliphatic rings. The first-order chi connectivity index (χ1) is 19.2. The molecular weight excluding hydrogens is 524 g/mol. The second kappa shape index (κ2) is 13.3. The molecular formula is C28H34N2O10. The Labute approximate surface area is 230 Å². The monoisotopic (exact) mass is 558 g/mol. The first kappa shape index (κ1) is 29.6. The highest BCUT2D eigenvalue weighted by molar-refractivity contribution is 5.99. The van der Waals surface area contributed by atoms with Gasteiger partial charge in [-0.15, -0.1) is 0 Å². The Kier molecular flexibility index (Phi) is 9.87. The Hall–Kier alpha value is -3.36. The molecule has 0 saturated carbocycles.